The third-order valence-electron chi connectivity index (χ3n) is 3.39. The van der Waals surface area contributed by atoms with Gasteiger partial charge in [-0.05, 0) is 43.4 Å². The van der Waals surface area contributed by atoms with E-state index < -0.39 is 0 Å². The topological polar surface area (TPSA) is 29.1 Å². The fourth-order valence-electron chi connectivity index (χ4n) is 2.43. The van der Waals surface area contributed by atoms with Crippen LogP contribution in [0.15, 0.2) is 18.2 Å². The van der Waals surface area contributed by atoms with Crippen molar-refractivity contribution in [2.75, 3.05) is 6.54 Å². The van der Waals surface area contributed by atoms with Crippen LogP contribution in [0.2, 0.25) is 10.0 Å². The molecule has 1 saturated carbocycles. The molecule has 19 heavy (non-hydrogen) atoms. The Morgan fingerprint density at radius 2 is 1.95 bits per heavy atom. The third kappa shape index (κ3) is 4.66. The number of hydrogen-bond donors (Lipinski definition) is 1. The molecule has 1 N–H and O–H groups in total. The average molecular weight is 365 g/mol. The van der Waals surface area contributed by atoms with Crippen LogP contribution in [0.3, 0.4) is 0 Å². The van der Waals surface area contributed by atoms with Crippen molar-refractivity contribution in [3.63, 3.8) is 0 Å². The van der Waals surface area contributed by atoms with E-state index in [-0.39, 0.29) is 5.91 Å². The van der Waals surface area contributed by atoms with E-state index in [2.05, 4.69) is 21.2 Å². The van der Waals surface area contributed by atoms with Gasteiger partial charge in [-0.1, -0.05) is 45.6 Å². The summed E-state index contributed by atoms with van der Waals surface area (Å²) in [6.07, 6.45) is 4.75. The number of carbonyl (C=O) groups is 1. The number of carbonyl (C=O) groups excluding carboxylic acids is 1. The van der Waals surface area contributed by atoms with E-state index >= 15 is 0 Å². The minimum atomic E-state index is -0.110. The molecule has 0 aliphatic heterocycles. The fourth-order valence-corrected chi connectivity index (χ4v) is 3.81. The van der Waals surface area contributed by atoms with Gasteiger partial charge in [0.15, 0.2) is 0 Å². The molecule has 1 aromatic rings. The van der Waals surface area contributed by atoms with Gasteiger partial charge in [-0.25, -0.2) is 0 Å². The van der Waals surface area contributed by atoms with Crippen LogP contribution in [-0.2, 0) is 0 Å². The van der Waals surface area contributed by atoms with Crippen molar-refractivity contribution in [2.24, 2.45) is 5.92 Å². The highest BCUT2D eigenvalue weighted by Gasteiger charge is 2.20. The van der Waals surface area contributed by atoms with E-state index in [0.717, 1.165) is 6.42 Å². The summed E-state index contributed by atoms with van der Waals surface area (Å²) < 4.78 is 0. The van der Waals surface area contributed by atoms with Gasteiger partial charge in [-0.15, -0.1) is 0 Å². The van der Waals surface area contributed by atoms with Crippen LogP contribution in [-0.4, -0.2) is 17.3 Å². The summed E-state index contributed by atoms with van der Waals surface area (Å²) >= 11 is 15.4. The maximum Gasteiger partial charge on any atom is 0.251 e. The van der Waals surface area contributed by atoms with Crippen molar-refractivity contribution in [1.29, 1.82) is 0 Å². The molecule has 0 radical (unpaired) electrons. The van der Waals surface area contributed by atoms with E-state index in [1.807, 2.05) is 0 Å². The Balaban J connectivity index is 1.90. The van der Waals surface area contributed by atoms with Gasteiger partial charge in [0, 0.05) is 27.0 Å². The molecule has 0 bridgehead atoms. The van der Waals surface area contributed by atoms with Crippen molar-refractivity contribution >= 4 is 45.0 Å². The second kappa shape index (κ2) is 6.96. The Morgan fingerprint density at radius 1 is 1.26 bits per heavy atom. The van der Waals surface area contributed by atoms with Gasteiger partial charge < -0.3 is 5.32 Å². The van der Waals surface area contributed by atoms with Gasteiger partial charge in [0.2, 0.25) is 0 Å². The summed E-state index contributed by atoms with van der Waals surface area (Å²) in [4.78, 5) is 12.6. The first-order valence-corrected chi connectivity index (χ1v) is 8.10. The van der Waals surface area contributed by atoms with Crippen molar-refractivity contribution in [2.45, 2.75) is 30.5 Å². The Labute approximate surface area is 132 Å². The van der Waals surface area contributed by atoms with Crippen LogP contribution in [0.1, 0.15) is 36.0 Å². The zero-order valence-corrected chi connectivity index (χ0v) is 13.6. The van der Waals surface area contributed by atoms with Crippen LogP contribution in [0.25, 0.3) is 0 Å². The summed E-state index contributed by atoms with van der Waals surface area (Å²) in [6, 6.07) is 4.89. The molecule has 0 aromatic heterocycles. The molecule has 2 unspecified atom stereocenters. The van der Waals surface area contributed by atoms with Crippen molar-refractivity contribution in [1.82, 2.24) is 5.32 Å². The predicted molar refractivity (Wildman–Crippen MR) is 83.5 cm³/mol. The number of halogens is 3. The van der Waals surface area contributed by atoms with Crippen LogP contribution in [0, 0.1) is 5.92 Å². The maximum atomic E-state index is 12.0. The zero-order chi connectivity index (χ0) is 13.8. The van der Waals surface area contributed by atoms with Gasteiger partial charge in [0.1, 0.15) is 0 Å². The smallest absolute Gasteiger partial charge is 0.251 e. The number of amides is 1. The fraction of sp³-hybridized carbons (Fsp3) is 0.500. The summed E-state index contributed by atoms with van der Waals surface area (Å²) in [7, 11) is 0. The lowest BCUT2D eigenvalue weighted by molar-refractivity contribution is 0.0944. The second-order valence-corrected chi connectivity index (χ2v) is 7.17. The highest BCUT2D eigenvalue weighted by molar-refractivity contribution is 9.09. The molecule has 1 aliphatic carbocycles. The Morgan fingerprint density at radius 3 is 2.58 bits per heavy atom. The number of nitrogens with one attached hydrogen (secondary N) is 1. The lowest BCUT2D eigenvalue weighted by Gasteiger charge is -2.25. The standard InChI is InChI=1S/C14H16BrCl2NO/c15-11-3-1-2-9(4-11)8-18-14(19)10-5-12(16)7-13(17)6-10/h5-7,9,11H,1-4,8H2,(H,18,19). The third-order valence-corrected chi connectivity index (χ3v) is 4.66. The first-order valence-electron chi connectivity index (χ1n) is 6.43. The van der Waals surface area contributed by atoms with Gasteiger partial charge in [0.25, 0.3) is 5.91 Å². The molecule has 1 aliphatic rings. The quantitative estimate of drug-likeness (QED) is 0.775. The maximum absolute atomic E-state index is 12.0. The molecule has 2 rings (SSSR count). The van der Waals surface area contributed by atoms with Gasteiger partial charge in [-0.2, -0.15) is 0 Å². The molecule has 0 heterocycles. The van der Waals surface area contributed by atoms with E-state index in [1.54, 1.807) is 18.2 Å². The van der Waals surface area contributed by atoms with Crippen molar-refractivity contribution in [3.8, 4) is 0 Å². The molecular formula is C14H16BrCl2NO. The van der Waals surface area contributed by atoms with Crippen LogP contribution in [0.5, 0.6) is 0 Å². The van der Waals surface area contributed by atoms with Gasteiger partial charge in [0.05, 0.1) is 0 Å². The first kappa shape index (κ1) is 15.1. The minimum absolute atomic E-state index is 0.110. The normalized spacial score (nSPS) is 23.1. The largest absolute Gasteiger partial charge is 0.352 e. The molecule has 5 heteroatoms. The number of benzene rings is 1. The summed E-state index contributed by atoms with van der Waals surface area (Å²) in [5.74, 6) is 0.442. The first-order chi connectivity index (χ1) is 9.04. The summed E-state index contributed by atoms with van der Waals surface area (Å²) in [6.45, 7) is 0.713. The zero-order valence-electron chi connectivity index (χ0n) is 10.5. The molecule has 0 saturated heterocycles. The lowest BCUT2D eigenvalue weighted by atomic mass is 9.89. The number of alkyl halides is 1. The van der Waals surface area contributed by atoms with E-state index in [1.165, 1.54) is 19.3 Å². The second-order valence-electron chi connectivity index (χ2n) is 5.00. The molecule has 0 spiro atoms. The van der Waals surface area contributed by atoms with Gasteiger partial charge >= 0.3 is 0 Å². The summed E-state index contributed by atoms with van der Waals surface area (Å²) in [5, 5.41) is 3.93. The molecule has 2 atom stereocenters. The number of hydrogen-bond acceptors (Lipinski definition) is 1. The van der Waals surface area contributed by atoms with Crippen molar-refractivity contribution < 1.29 is 4.79 Å². The monoisotopic (exact) mass is 363 g/mol. The van der Waals surface area contributed by atoms with Crippen LogP contribution in [0.4, 0.5) is 0 Å². The molecule has 104 valence electrons. The number of rotatable bonds is 3. The Hall–Kier alpha value is -0.250. The summed E-state index contributed by atoms with van der Waals surface area (Å²) in [5.41, 5.74) is 0.517. The minimum Gasteiger partial charge on any atom is -0.352 e. The molecule has 2 nitrogen and oxygen atoms in total. The molecule has 1 aromatic carbocycles. The van der Waals surface area contributed by atoms with Gasteiger partial charge in [-0.3, -0.25) is 4.79 Å². The lowest BCUT2D eigenvalue weighted by Crippen LogP contribution is -2.31. The van der Waals surface area contributed by atoms with Crippen molar-refractivity contribution in [3.05, 3.63) is 33.8 Å². The molecule has 1 amide bonds. The molecule has 1 fully saturated rings. The predicted octanol–water partition coefficient (Wildman–Crippen LogP) is 4.68. The Bertz CT molecular complexity index is 447. The van der Waals surface area contributed by atoms with Crippen LogP contribution < -0.4 is 5.32 Å². The Kier molecular flexibility index (Phi) is 5.55. The van der Waals surface area contributed by atoms with E-state index in [0.29, 0.717) is 32.9 Å². The average Bonchev–Trinajstić information content (AvgIpc) is 2.35. The van der Waals surface area contributed by atoms with Crippen LogP contribution >= 0.6 is 39.1 Å². The highest BCUT2D eigenvalue weighted by Crippen LogP contribution is 2.28. The molecular weight excluding hydrogens is 349 g/mol. The highest BCUT2D eigenvalue weighted by atomic mass is 79.9. The van der Waals surface area contributed by atoms with E-state index in [4.69, 9.17) is 23.2 Å². The van der Waals surface area contributed by atoms with E-state index in [9.17, 15) is 4.79 Å². The SMILES string of the molecule is O=C(NCC1CCCC(Br)C1)c1cc(Cl)cc(Cl)c1.